The summed E-state index contributed by atoms with van der Waals surface area (Å²) in [6, 6.07) is 18.1. The maximum absolute atomic E-state index is 12.8. The topological polar surface area (TPSA) is 58.6 Å². The van der Waals surface area contributed by atoms with Crippen molar-refractivity contribution in [2.24, 2.45) is 0 Å². The number of carbonyl (C=O) groups is 1. The molecule has 3 aromatic rings. The van der Waals surface area contributed by atoms with Crippen molar-refractivity contribution in [3.05, 3.63) is 82.8 Å². The van der Waals surface area contributed by atoms with Crippen molar-refractivity contribution >= 4 is 11.7 Å². The lowest BCUT2D eigenvalue weighted by Crippen LogP contribution is -2.49. The summed E-state index contributed by atoms with van der Waals surface area (Å²) < 4.78 is 5.20. The van der Waals surface area contributed by atoms with Gasteiger partial charge in [-0.15, -0.1) is 0 Å². The van der Waals surface area contributed by atoms with Crippen molar-refractivity contribution in [1.29, 1.82) is 0 Å². The third-order valence-electron chi connectivity index (χ3n) is 5.97. The fourth-order valence-electron chi connectivity index (χ4n) is 4.18. The average molecular weight is 431 g/mol. The van der Waals surface area contributed by atoms with Crippen LogP contribution in [0.25, 0.3) is 0 Å². The van der Waals surface area contributed by atoms with Crippen LogP contribution in [0.1, 0.15) is 28.2 Å². The van der Waals surface area contributed by atoms with Crippen molar-refractivity contribution in [3.8, 4) is 5.75 Å². The molecule has 166 valence electrons. The Balaban J connectivity index is 1.44. The van der Waals surface area contributed by atoms with Crippen LogP contribution in [0.4, 0.5) is 5.82 Å². The summed E-state index contributed by atoms with van der Waals surface area (Å²) in [7, 11) is 1.64. The molecule has 0 aliphatic carbocycles. The van der Waals surface area contributed by atoms with Gasteiger partial charge in [0, 0.05) is 43.9 Å². The Bertz CT molecular complexity index is 1060. The van der Waals surface area contributed by atoms with Gasteiger partial charge < -0.3 is 14.5 Å². The zero-order valence-corrected chi connectivity index (χ0v) is 19.0. The number of hydrogen-bond donors (Lipinski definition) is 0. The van der Waals surface area contributed by atoms with Crippen molar-refractivity contribution in [2.45, 2.75) is 26.7 Å². The molecule has 1 aliphatic rings. The Labute approximate surface area is 189 Å². The number of rotatable bonds is 6. The Hall–Kier alpha value is -3.41. The average Bonchev–Trinajstić information content (AvgIpc) is 2.82. The molecule has 0 N–H and O–H groups in total. The summed E-state index contributed by atoms with van der Waals surface area (Å²) in [5.74, 6) is 2.75. The summed E-state index contributed by atoms with van der Waals surface area (Å²) in [6.45, 7) is 6.93. The number of amides is 1. The van der Waals surface area contributed by atoms with Gasteiger partial charge in [0.1, 0.15) is 17.4 Å². The van der Waals surface area contributed by atoms with Gasteiger partial charge in [0.05, 0.1) is 13.5 Å². The predicted molar refractivity (Wildman–Crippen MR) is 126 cm³/mol. The number of methoxy groups -OCH3 is 1. The summed E-state index contributed by atoms with van der Waals surface area (Å²) in [6.07, 6.45) is 1.22. The zero-order chi connectivity index (χ0) is 22.5. The molecule has 0 atom stereocenters. The molecule has 32 heavy (non-hydrogen) atoms. The minimum Gasteiger partial charge on any atom is -0.497 e. The van der Waals surface area contributed by atoms with Crippen molar-refractivity contribution in [2.75, 3.05) is 38.2 Å². The number of carbonyl (C=O) groups excluding carboxylic acids is 1. The van der Waals surface area contributed by atoms with E-state index in [1.165, 1.54) is 11.1 Å². The monoisotopic (exact) mass is 430 g/mol. The number of anilines is 1. The molecule has 1 fully saturated rings. The fraction of sp³-hybridized carbons (Fsp3) is 0.346. The third-order valence-corrected chi connectivity index (χ3v) is 5.97. The van der Waals surface area contributed by atoms with E-state index in [-0.39, 0.29) is 5.91 Å². The van der Waals surface area contributed by atoms with Gasteiger partial charge in [-0.1, -0.05) is 42.5 Å². The lowest BCUT2D eigenvalue weighted by atomic mass is 10.0. The molecule has 6 nitrogen and oxygen atoms in total. The molecule has 6 heteroatoms. The van der Waals surface area contributed by atoms with E-state index in [0.29, 0.717) is 19.5 Å². The highest BCUT2D eigenvalue weighted by Crippen LogP contribution is 2.25. The van der Waals surface area contributed by atoms with E-state index in [9.17, 15) is 4.79 Å². The molecule has 0 bridgehead atoms. The largest absolute Gasteiger partial charge is 0.497 e. The van der Waals surface area contributed by atoms with Crippen LogP contribution in [0, 0.1) is 13.8 Å². The van der Waals surface area contributed by atoms with Crippen LogP contribution in [-0.2, 0) is 17.6 Å². The Morgan fingerprint density at radius 1 is 0.906 bits per heavy atom. The maximum Gasteiger partial charge on any atom is 0.227 e. The van der Waals surface area contributed by atoms with Crippen LogP contribution in [-0.4, -0.2) is 54.1 Å². The molecule has 1 aliphatic heterocycles. The van der Waals surface area contributed by atoms with Gasteiger partial charge >= 0.3 is 0 Å². The first-order valence-corrected chi connectivity index (χ1v) is 11.1. The molecule has 0 spiro atoms. The van der Waals surface area contributed by atoms with E-state index in [2.05, 4.69) is 41.1 Å². The molecule has 1 aromatic heterocycles. The van der Waals surface area contributed by atoms with Crippen molar-refractivity contribution < 1.29 is 9.53 Å². The molecule has 2 heterocycles. The molecule has 1 amide bonds. The fourth-order valence-corrected chi connectivity index (χ4v) is 4.18. The quantitative estimate of drug-likeness (QED) is 0.598. The predicted octanol–water partition coefficient (Wildman–Crippen LogP) is 3.58. The number of hydrogen-bond acceptors (Lipinski definition) is 5. The summed E-state index contributed by atoms with van der Waals surface area (Å²) in [5.41, 5.74) is 4.44. The number of piperazine rings is 1. The SMILES string of the molecule is COc1ccc(CC(=O)N2CCN(c3nc(C)nc(C)c3Cc3ccccc3)CC2)cc1. The highest BCUT2D eigenvalue weighted by atomic mass is 16.5. The Kier molecular flexibility index (Phi) is 6.69. The van der Waals surface area contributed by atoms with Crippen LogP contribution in [0.15, 0.2) is 54.6 Å². The van der Waals surface area contributed by atoms with Crippen LogP contribution in [0.3, 0.4) is 0 Å². The smallest absolute Gasteiger partial charge is 0.227 e. The maximum atomic E-state index is 12.8. The van der Waals surface area contributed by atoms with Gasteiger partial charge in [0.2, 0.25) is 5.91 Å². The van der Waals surface area contributed by atoms with Crippen LogP contribution in [0.5, 0.6) is 5.75 Å². The van der Waals surface area contributed by atoms with Crippen molar-refractivity contribution in [1.82, 2.24) is 14.9 Å². The van der Waals surface area contributed by atoms with E-state index >= 15 is 0 Å². The Morgan fingerprint density at radius 3 is 2.25 bits per heavy atom. The normalized spacial score (nSPS) is 13.8. The minimum atomic E-state index is 0.161. The Morgan fingerprint density at radius 2 is 1.59 bits per heavy atom. The lowest BCUT2D eigenvalue weighted by molar-refractivity contribution is -0.130. The highest BCUT2D eigenvalue weighted by Gasteiger charge is 2.24. The first-order chi connectivity index (χ1) is 15.5. The molecule has 2 aromatic carbocycles. The second-order valence-corrected chi connectivity index (χ2v) is 8.21. The lowest BCUT2D eigenvalue weighted by Gasteiger charge is -2.36. The third kappa shape index (κ3) is 5.07. The summed E-state index contributed by atoms with van der Waals surface area (Å²) >= 11 is 0. The molecule has 0 unspecified atom stereocenters. The first kappa shape index (κ1) is 21.8. The number of benzene rings is 2. The second-order valence-electron chi connectivity index (χ2n) is 8.21. The number of aryl methyl sites for hydroxylation is 2. The molecular weight excluding hydrogens is 400 g/mol. The van der Waals surface area contributed by atoms with Crippen LogP contribution < -0.4 is 9.64 Å². The van der Waals surface area contributed by atoms with Gasteiger partial charge in [-0.2, -0.15) is 0 Å². The summed E-state index contributed by atoms with van der Waals surface area (Å²) in [4.78, 5) is 26.5. The van der Waals surface area contributed by atoms with Crippen LogP contribution >= 0.6 is 0 Å². The summed E-state index contributed by atoms with van der Waals surface area (Å²) in [5, 5.41) is 0. The number of ether oxygens (including phenoxy) is 1. The molecule has 0 saturated carbocycles. The van der Waals surface area contributed by atoms with Crippen LogP contribution in [0.2, 0.25) is 0 Å². The van der Waals surface area contributed by atoms with Gasteiger partial charge in [-0.3, -0.25) is 4.79 Å². The minimum absolute atomic E-state index is 0.161. The number of aromatic nitrogens is 2. The molecule has 0 radical (unpaired) electrons. The van der Waals surface area contributed by atoms with E-state index in [1.54, 1.807) is 7.11 Å². The molecule has 1 saturated heterocycles. The van der Waals surface area contributed by atoms with E-state index in [0.717, 1.165) is 48.2 Å². The van der Waals surface area contributed by atoms with E-state index in [4.69, 9.17) is 9.72 Å². The second kappa shape index (κ2) is 9.81. The molecule has 4 rings (SSSR count). The van der Waals surface area contributed by atoms with Gasteiger partial charge in [-0.05, 0) is 37.1 Å². The first-order valence-electron chi connectivity index (χ1n) is 11.1. The van der Waals surface area contributed by atoms with Gasteiger partial charge in [0.15, 0.2) is 0 Å². The highest BCUT2D eigenvalue weighted by molar-refractivity contribution is 5.79. The van der Waals surface area contributed by atoms with E-state index < -0.39 is 0 Å². The zero-order valence-electron chi connectivity index (χ0n) is 19.0. The number of nitrogens with zero attached hydrogens (tertiary/aromatic N) is 4. The van der Waals surface area contributed by atoms with Crippen molar-refractivity contribution in [3.63, 3.8) is 0 Å². The van der Waals surface area contributed by atoms with E-state index in [1.807, 2.05) is 42.2 Å². The van der Waals surface area contributed by atoms with Gasteiger partial charge in [0.25, 0.3) is 0 Å². The molecular formula is C26H30N4O2. The standard InChI is InChI=1S/C26H30N4O2/c1-19-24(17-21-7-5-4-6-8-21)26(28-20(2)27-19)30-15-13-29(14-16-30)25(31)18-22-9-11-23(32-3)12-10-22/h4-12H,13-18H2,1-3H3. The van der Waals surface area contributed by atoms with Gasteiger partial charge in [-0.25, -0.2) is 9.97 Å².